The van der Waals surface area contributed by atoms with E-state index in [1.54, 1.807) is 0 Å². The number of unbranched alkanes of at least 4 members (excludes halogenated alkanes) is 44. The maximum absolute atomic E-state index is 13.1. The minimum atomic E-state index is -4.95. The molecule has 0 fully saturated rings. The van der Waals surface area contributed by atoms with Gasteiger partial charge >= 0.3 is 39.5 Å². The second kappa shape index (κ2) is 66.9. The Morgan fingerprint density at radius 1 is 0.287 bits per heavy atom. The number of hydrogen-bond donors (Lipinski definition) is 3. The summed E-state index contributed by atoms with van der Waals surface area (Å²) in [6.07, 6.45) is 54.6. The lowest BCUT2D eigenvalue weighted by Crippen LogP contribution is -2.30. The Hall–Kier alpha value is -1.94. The molecule has 0 heterocycles. The molecule has 558 valence electrons. The van der Waals surface area contributed by atoms with Crippen LogP contribution in [0, 0.1) is 11.8 Å². The van der Waals surface area contributed by atoms with Crippen LogP contribution in [0.15, 0.2) is 0 Å². The molecular weight excluding hydrogens is 1230 g/mol. The molecule has 0 amide bonds. The van der Waals surface area contributed by atoms with E-state index in [1.165, 1.54) is 199 Å². The fourth-order valence-corrected chi connectivity index (χ4v) is 13.1. The first-order valence-corrected chi connectivity index (χ1v) is 42.0. The van der Waals surface area contributed by atoms with Gasteiger partial charge in [0.15, 0.2) is 12.2 Å². The Bertz CT molecular complexity index is 1820. The van der Waals surface area contributed by atoms with Gasteiger partial charge in [-0.2, -0.15) is 0 Å². The Morgan fingerprint density at radius 2 is 0.489 bits per heavy atom. The number of aliphatic hydroxyl groups excluding tert-OH is 1. The Kier molecular flexibility index (Phi) is 65.5. The van der Waals surface area contributed by atoms with Crippen LogP contribution in [0.1, 0.15) is 388 Å². The van der Waals surface area contributed by atoms with Gasteiger partial charge in [-0.3, -0.25) is 37.3 Å². The smallest absolute Gasteiger partial charge is 0.462 e. The summed E-state index contributed by atoms with van der Waals surface area (Å²) in [7, 11) is -9.90. The van der Waals surface area contributed by atoms with Crippen LogP contribution < -0.4 is 0 Å². The lowest BCUT2D eigenvalue weighted by molar-refractivity contribution is -0.161. The summed E-state index contributed by atoms with van der Waals surface area (Å²) in [5, 5.41) is 10.6. The van der Waals surface area contributed by atoms with Crippen molar-refractivity contribution in [3.63, 3.8) is 0 Å². The molecule has 0 aromatic rings. The van der Waals surface area contributed by atoms with Crippen molar-refractivity contribution in [2.75, 3.05) is 39.6 Å². The van der Waals surface area contributed by atoms with Gasteiger partial charge in [0.25, 0.3) is 0 Å². The second-order valence-corrected chi connectivity index (χ2v) is 30.9. The minimum Gasteiger partial charge on any atom is -0.462 e. The highest BCUT2D eigenvalue weighted by atomic mass is 31.2. The molecule has 0 aromatic carbocycles. The summed E-state index contributed by atoms with van der Waals surface area (Å²) in [4.78, 5) is 72.5. The standard InChI is InChI=1S/C75H146O17P2/c1-7-9-11-13-14-15-16-17-18-19-20-23-26-29-35-40-46-52-58-73(78)86-64-71(92-75(80)59-53-47-41-36-30-27-24-21-22-25-28-33-38-44-49-55-67(3)4)66-90-94(83,84)88-62-69(76)61-87-93(81,82)89-65-70(63-85-72(77)57-51-43-12-10-8-2)91-74(79)60-54-48-42-37-32-31-34-39-45-50-56-68(5)6/h67-71,76H,7-66H2,1-6H3,(H,81,82)(H,83,84)/t69-,70+,71+/m0/s1. The van der Waals surface area contributed by atoms with Crippen molar-refractivity contribution < 1.29 is 80.2 Å². The number of aliphatic hydroxyl groups is 1. The lowest BCUT2D eigenvalue weighted by atomic mass is 10.0. The normalized spacial score (nSPS) is 14.0. The first kappa shape index (κ1) is 92.1. The number of ether oxygens (including phenoxy) is 4. The van der Waals surface area contributed by atoms with E-state index in [0.29, 0.717) is 25.7 Å². The Morgan fingerprint density at radius 3 is 0.723 bits per heavy atom. The van der Waals surface area contributed by atoms with Crippen molar-refractivity contribution in [2.24, 2.45) is 11.8 Å². The van der Waals surface area contributed by atoms with Crippen LogP contribution in [0.2, 0.25) is 0 Å². The molecule has 0 radical (unpaired) electrons. The third-order valence-electron chi connectivity index (χ3n) is 17.5. The summed E-state index contributed by atoms with van der Waals surface area (Å²) < 4.78 is 68.3. The van der Waals surface area contributed by atoms with Gasteiger partial charge in [0.1, 0.15) is 19.3 Å². The zero-order chi connectivity index (χ0) is 69.3. The molecule has 3 N–H and O–H groups in total. The molecular formula is C75H146O17P2. The molecule has 5 atom stereocenters. The summed E-state index contributed by atoms with van der Waals surface area (Å²) in [6, 6.07) is 0. The first-order chi connectivity index (χ1) is 45.4. The van der Waals surface area contributed by atoms with Crippen molar-refractivity contribution in [2.45, 2.75) is 407 Å². The predicted octanol–water partition coefficient (Wildman–Crippen LogP) is 21.9. The number of phosphoric acid groups is 2. The van der Waals surface area contributed by atoms with E-state index in [2.05, 4.69) is 41.5 Å². The van der Waals surface area contributed by atoms with E-state index >= 15 is 0 Å². The zero-order valence-corrected chi connectivity index (χ0v) is 63.1. The highest BCUT2D eigenvalue weighted by Crippen LogP contribution is 2.45. The Labute approximate surface area is 575 Å². The van der Waals surface area contributed by atoms with Crippen molar-refractivity contribution >= 4 is 39.5 Å². The van der Waals surface area contributed by atoms with Crippen LogP contribution >= 0.6 is 15.6 Å². The number of hydrogen-bond acceptors (Lipinski definition) is 15. The van der Waals surface area contributed by atoms with Crippen molar-refractivity contribution in [3.05, 3.63) is 0 Å². The molecule has 0 spiro atoms. The number of carbonyl (C=O) groups excluding carboxylic acids is 4. The van der Waals surface area contributed by atoms with Crippen LogP contribution in [0.3, 0.4) is 0 Å². The van der Waals surface area contributed by atoms with Crippen LogP contribution in [-0.4, -0.2) is 96.7 Å². The van der Waals surface area contributed by atoms with Crippen LogP contribution in [0.25, 0.3) is 0 Å². The largest absolute Gasteiger partial charge is 0.472 e. The SMILES string of the molecule is CCCCCCCCCCCCCCCCCCCCC(=O)OC[C@H](COP(=O)(O)OC[C@@H](O)COP(=O)(O)OC[C@@H](COC(=O)CCCCCCC)OC(=O)CCCCCCCCCCCCC(C)C)OC(=O)CCCCCCCCCCCCCCCCCC(C)C. The monoisotopic (exact) mass is 1380 g/mol. The number of esters is 4. The van der Waals surface area contributed by atoms with Crippen LogP contribution in [-0.2, 0) is 65.4 Å². The molecule has 94 heavy (non-hydrogen) atoms. The molecule has 0 aliphatic heterocycles. The van der Waals surface area contributed by atoms with E-state index in [4.69, 9.17) is 37.0 Å². The first-order valence-electron chi connectivity index (χ1n) is 39.0. The minimum absolute atomic E-state index is 0.105. The third kappa shape index (κ3) is 68.6. The number of rotatable bonds is 74. The molecule has 0 bridgehead atoms. The number of phosphoric ester groups is 2. The van der Waals surface area contributed by atoms with Gasteiger partial charge in [-0.15, -0.1) is 0 Å². The fourth-order valence-electron chi connectivity index (χ4n) is 11.5. The molecule has 2 unspecified atom stereocenters. The average molecular weight is 1380 g/mol. The summed E-state index contributed by atoms with van der Waals surface area (Å²) >= 11 is 0. The maximum atomic E-state index is 13.1. The van der Waals surface area contributed by atoms with Gasteiger partial charge in [0.05, 0.1) is 26.4 Å². The molecule has 0 saturated heterocycles. The third-order valence-corrected chi connectivity index (χ3v) is 19.4. The molecule has 19 heteroatoms. The van der Waals surface area contributed by atoms with Crippen molar-refractivity contribution in [1.29, 1.82) is 0 Å². The molecule has 0 rings (SSSR count). The Balaban J connectivity index is 5.14. The van der Waals surface area contributed by atoms with Gasteiger partial charge in [-0.05, 0) is 37.5 Å². The lowest BCUT2D eigenvalue weighted by Gasteiger charge is -2.21. The van der Waals surface area contributed by atoms with E-state index in [-0.39, 0.29) is 25.7 Å². The van der Waals surface area contributed by atoms with Crippen LogP contribution in [0.4, 0.5) is 0 Å². The topological polar surface area (TPSA) is 237 Å². The summed E-state index contributed by atoms with van der Waals surface area (Å²) in [5.41, 5.74) is 0. The van der Waals surface area contributed by atoms with Gasteiger partial charge in [-0.1, -0.05) is 337 Å². The highest BCUT2D eigenvalue weighted by Gasteiger charge is 2.30. The molecule has 0 aromatic heterocycles. The van der Waals surface area contributed by atoms with E-state index < -0.39 is 97.5 Å². The second-order valence-electron chi connectivity index (χ2n) is 28.0. The zero-order valence-electron chi connectivity index (χ0n) is 61.3. The van der Waals surface area contributed by atoms with Gasteiger partial charge in [0.2, 0.25) is 0 Å². The molecule has 0 saturated carbocycles. The van der Waals surface area contributed by atoms with Crippen molar-refractivity contribution in [1.82, 2.24) is 0 Å². The van der Waals surface area contributed by atoms with Gasteiger partial charge in [0, 0.05) is 25.7 Å². The summed E-state index contributed by atoms with van der Waals surface area (Å²) in [5.74, 6) is -0.573. The summed E-state index contributed by atoms with van der Waals surface area (Å²) in [6.45, 7) is 9.52. The van der Waals surface area contributed by atoms with Gasteiger partial charge < -0.3 is 33.8 Å². The molecule has 17 nitrogen and oxygen atoms in total. The van der Waals surface area contributed by atoms with Crippen molar-refractivity contribution in [3.8, 4) is 0 Å². The van der Waals surface area contributed by atoms with Crippen LogP contribution in [0.5, 0.6) is 0 Å². The maximum Gasteiger partial charge on any atom is 0.472 e. The quantitative estimate of drug-likeness (QED) is 0.0222. The average Bonchev–Trinajstić information content (AvgIpc) is 2.69. The molecule has 0 aliphatic rings. The van der Waals surface area contributed by atoms with E-state index in [9.17, 15) is 43.2 Å². The fraction of sp³-hybridized carbons (Fsp3) is 0.947. The predicted molar refractivity (Wildman–Crippen MR) is 381 cm³/mol. The molecule has 0 aliphatic carbocycles. The van der Waals surface area contributed by atoms with E-state index in [0.717, 1.165) is 108 Å². The van der Waals surface area contributed by atoms with Gasteiger partial charge in [-0.25, -0.2) is 9.13 Å². The highest BCUT2D eigenvalue weighted by molar-refractivity contribution is 7.47. The number of carbonyl (C=O) groups is 4. The van der Waals surface area contributed by atoms with E-state index in [1.807, 2.05) is 0 Å².